The van der Waals surface area contributed by atoms with Gasteiger partial charge in [-0.25, -0.2) is 4.39 Å². The molecular weight excluding hydrogens is 284 g/mol. The Balaban J connectivity index is 2.01. The van der Waals surface area contributed by atoms with Gasteiger partial charge in [-0.3, -0.25) is 0 Å². The minimum atomic E-state index is -0.227. The molecule has 96 valence electrons. The van der Waals surface area contributed by atoms with Gasteiger partial charge >= 0.3 is 0 Å². The van der Waals surface area contributed by atoms with Crippen LogP contribution in [0.5, 0.6) is 0 Å². The van der Waals surface area contributed by atoms with E-state index in [0.717, 1.165) is 16.5 Å². The van der Waals surface area contributed by atoms with Gasteiger partial charge in [-0.15, -0.1) is 0 Å². The lowest BCUT2D eigenvalue weighted by Gasteiger charge is -2.08. The summed E-state index contributed by atoms with van der Waals surface area (Å²) in [7, 11) is 0. The van der Waals surface area contributed by atoms with E-state index in [0.29, 0.717) is 16.6 Å². The van der Waals surface area contributed by atoms with Crippen LogP contribution in [0.3, 0.4) is 0 Å². The van der Waals surface area contributed by atoms with Crippen molar-refractivity contribution in [2.45, 2.75) is 6.54 Å². The number of hydrogen-bond donors (Lipinski definition) is 0. The highest BCUT2D eigenvalue weighted by Gasteiger charge is 2.06. The zero-order chi connectivity index (χ0) is 13.4. The van der Waals surface area contributed by atoms with Crippen LogP contribution in [0, 0.1) is 5.82 Å². The van der Waals surface area contributed by atoms with E-state index in [1.54, 1.807) is 12.1 Å². The Morgan fingerprint density at radius 1 is 1.00 bits per heavy atom. The number of aromatic nitrogens is 1. The normalized spacial score (nSPS) is 11.1. The highest BCUT2D eigenvalue weighted by molar-refractivity contribution is 6.35. The molecule has 1 aromatic heterocycles. The maximum Gasteiger partial charge on any atom is 0.123 e. The lowest BCUT2D eigenvalue weighted by molar-refractivity contribution is 0.629. The minimum absolute atomic E-state index is 0.227. The molecule has 2 aromatic carbocycles. The van der Waals surface area contributed by atoms with E-state index in [4.69, 9.17) is 23.2 Å². The number of fused-ring (bicyclic) bond motifs is 1. The van der Waals surface area contributed by atoms with Gasteiger partial charge in [-0.2, -0.15) is 0 Å². The smallest absolute Gasteiger partial charge is 0.123 e. The van der Waals surface area contributed by atoms with Crippen LogP contribution < -0.4 is 0 Å². The van der Waals surface area contributed by atoms with E-state index in [1.165, 1.54) is 12.1 Å². The standard InChI is InChI=1S/C15H10Cl2FN/c16-12-2-1-11(14(17)8-12)9-19-6-5-10-7-13(18)3-4-15(10)19/h1-8H,9H2. The minimum Gasteiger partial charge on any atom is -0.343 e. The van der Waals surface area contributed by atoms with Gasteiger partial charge < -0.3 is 4.57 Å². The number of nitrogens with zero attached hydrogens (tertiary/aromatic N) is 1. The van der Waals surface area contributed by atoms with Crippen molar-refractivity contribution < 1.29 is 4.39 Å². The lowest BCUT2D eigenvalue weighted by Crippen LogP contribution is -1.98. The van der Waals surface area contributed by atoms with Gasteiger partial charge in [0.25, 0.3) is 0 Å². The van der Waals surface area contributed by atoms with Crippen LogP contribution in [-0.2, 0) is 6.54 Å². The van der Waals surface area contributed by atoms with E-state index in [-0.39, 0.29) is 5.82 Å². The van der Waals surface area contributed by atoms with Crippen LogP contribution >= 0.6 is 23.2 Å². The molecule has 0 saturated heterocycles. The molecule has 4 heteroatoms. The topological polar surface area (TPSA) is 4.93 Å². The number of halogens is 3. The van der Waals surface area contributed by atoms with Crippen LogP contribution in [-0.4, -0.2) is 4.57 Å². The Bertz CT molecular complexity index is 749. The van der Waals surface area contributed by atoms with Crippen LogP contribution in [0.2, 0.25) is 10.0 Å². The van der Waals surface area contributed by atoms with Crippen molar-refractivity contribution in [2.75, 3.05) is 0 Å². The average molecular weight is 294 g/mol. The highest BCUT2D eigenvalue weighted by Crippen LogP contribution is 2.24. The van der Waals surface area contributed by atoms with E-state index < -0.39 is 0 Å². The molecule has 1 heterocycles. The maximum absolute atomic E-state index is 13.1. The van der Waals surface area contributed by atoms with E-state index >= 15 is 0 Å². The largest absolute Gasteiger partial charge is 0.343 e. The molecule has 0 N–H and O–H groups in total. The maximum atomic E-state index is 13.1. The molecule has 0 aliphatic heterocycles. The summed E-state index contributed by atoms with van der Waals surface area (Å²) in [6, 6.07) is 12.1. The first-order valence-electron chi connectivity index (χ1n) is 5.82. The molecule has 0 fully saturated rings. The molecule has 0 saturated carbocycles. The molecule has 3 aromatic rings. The van der Waals surface area contributed by atoms with Crippen molar-refractivity contribution in [1.82, 2.24) is 4.57 Å². The average Bonchev–Trinajstić information content (AvgIpc) is 2.75. The quantitative estimate of drug-likeness (QED) is 0.617. The van der Waals surface area contributed by atoms with Crippen molar-refractivity contribution in [3.8, 4) is 0 Å². The molecule has 0 spiro atoms. The predicted octanol–water partition coefficient (Wildman–Crippen LogP) is 5.14. The highest BCUT2D eigenvalue weighted by atomic mass is 35.5. The molecule has 0 aliphatic rings. The molecule has 3 rings (SSSR count). The molecule has 19 heavy (non-hydrogen) atoms. The molecule has 0 amide bonds. The van der Waals surface area contributed by atoms with Gasteiger partial charge in [0.05, 0.1) is 0 Å². The zero-order valence-electron chi connectivity index (χ0n) is 9.91. The van der Waals surface area contributed by atoms with Gasteiger partial charge in [-0.1, -0.05) is 29.3 Å². The van der Waals surface area contributed by atoms with Gasteiger partial charge in [0.2, 0.25) is 0 Å². The number of hydrogen-bond acceptors (Lipinski definition) is 0. The van der Waals surface area contributed by atoms with Crippen LogP contribution in [0.25, 0.3) is 10.9 Å². The van der Waals surface area contributed by atoms with Gasteiger partial charge in [0, 0.05) is 33.7 Å². The second-order valence-electron chi connectivity index (χ2n) is 4.38. The number of rotatable bonds is 2. The van der Waals surface area contributed by atoms with Gasteiger partial charge in [0.15, 0.2) is 0 Å². The van der Waals surface area contributed by atoms with Gasteiger partial charge in [-0.05, 0) is 42.0 Å². The Kier molecular flexibility index (Phi) is 3.21. The summed E-state index contributed by atoms with van der Waals surface area (Å²) in [4.78, 5) is 0. The molecular formula is C15H10Cl2FN. The monoisotopic (exact) mass is 293 g/mol. The first-order valence-corrected chi connectivity index (χ1v) is 6.57. The fraction of sp³-hybridized carbons (Fsp3) is 0.0667. The van der Waals surface area contributed by atoms with Crippen LogP contribution in [0.4, 0.5) is 4.39 Å². The first kappa shape index (κ1) is 12.5. The molecule has 0 aliphatic carbocycles. The van der Waals surface area contributed by atoms with Crippen LogP contribution in [0.1, 0.15) is 5.56 Å². The van der Waals surface area contributed by atoms with Crippen molar-refractivity contribution in [3.05, 3.63) is 70.1 Å². The number of benzene rings is 2. The first-order chi connectivity index (χ1) is 9.13. The summed E-state index contributed by atoms with van der Waals surface area (Å²) in [6.07, 6.45) is 1.93. The molecule has 0 bridgehead atoms. The molecule has 0 radical (unpaired) electrons. The van der Waals surface area contributed by atoms with Crippen molar-refractivity contribution in [1.29, 1.82) is 0 Å². The summed E-state index contributed by atoms with van der Waals surface area (Å²) < 4.78 is 15.2. The van der Waals surface area contributed by atoms with E-state index in [1.807, 2.05) is 29.0 Å². The third kappa shape index (κ3) is 2.46. The van der Waals surface area contributed by atoms with Crippen molar-refractivity contribution in [2.24, 2.45) is 0 Å². The van der Waals surface area contributed by atoms with Crippen LogP contribution in [0.15, 0.2) is 48.7 Å². The fourth-order valence-electron chi connectivity index (χ4n) is 2.14. The fourth-order valence-corrected chi connectivity index (χ4v) is 2.61. The molecule has 0 atom stereocenters. The summed E-state index contributed by atoms with van der Waals surface area (Å²) in [5.74, 6) is -0.227. The summed E-state index contributed by atoms with van der Waals surface area (Å²) >= 11 is 12.0. The Hall–Kier alpha value is -1.51. The third-order valence-electron chi connectivity index (χ3n) is 3.09. The Morgan fingerprint density at radius 2 is 1.84 bits per heavy atom. The second kappa shape index (κ2) is 4.87. The Morgan fingerprint density at radius 3 is 2.63 bits per heavy atom. The van der Waals surface area contributed by atoms with E-state index in [2.05, 4.69) is 0 Å². The lowest BCUT2D eigenvalue weighted by atomic mass is 10.2. The van der Waals surface area contributed by atoms with Gasteiger partial charge in [0.1, 0.15) is 5.82 Å². The van der Waals surface area contributed by atoms with Crippen molar-refractivity contribution >= 4 is 34.1 Å². The zero-order valence-corrected chi connectivity index (χ0v) is 11.4. The predicted molar refractivity (Wildman–Crippen MR) is 77.5 cm³/mol. The second-order valence-corrected chi connectivity index (χ2v) is 5.23. The summed E-state index contributed by atoms with van der Waals surface area (Å²) in [5, 5.41) is 2.13. The molecule has 0 unspecified atom stereocenters. The summed E-state index contributed by atoms with van der Waals surface area (Å²) in [6.45, 7) is 0.630. The summed E-state index contributed by atoms with van der Waals surface area (Å²) in [5.41, 5.74) is 1.96. The van der Waals surface area contributed by atoms with E-state index in [9.17, 15) is 4.39 Å². The van der Waals surface area contributed by atoms with Crippen molar-refractivity contribution in [3.63, 3.8) is 0 Å². The third-order valence-corrected chi connectivity index (χ3v) is 3.68. The SMILES string of the molecule is Fc1ccc2c(ccn2Cc2ccc(Cl)cc2Cl)c1. The molecule has 1 nitrogen and oxygen atoms in total. The Labute approximate surface area is 120 Å².